The minimum absolute atomic E-state index is 0.0687. The Morgan fingerprint density at radius 3 is 2.79 bits per heavy atom. The first kappa shape index (κ1) is 13.9. The van der Waals surface area contributed by atoms with Crippen LogP contribution in [0.25, 0.3) is 0 Å². The van der Waals surface area contributed by atoms with E-state index in [0.717, 1.165) is 19.6 Å². The highest BCUT2D eigenvalue weighted by Gasteiger charge is 2.23. The van der Waals surface area contributed by atoms with Crippen molar-refractivity contribution >= 4 is 11.6 Å². The summed E-state index contributed by atoms with van der Waals surface area (Å²) in [6.07, 6.45) is 1.75. The Bertz CT molecular complexity index is 456. The van der Waals surface area contributed by atoms with Gasteiger partial charge in [0.1, 0.15) is 5.69 Å². The zero-order valence-electron chi connectivity index (χ0n) is 11.9. The van der Waals surface area contributed by atoms with Crippen molar-refractivity contribution in [2.24, 2.45) is 7.05 Å². The number of nitrogen functional groups attached to an aromatic ring is 1. The van der Waals surface area contributed by atoms with Crippen molar-refractivity contribution < 1.29 is 4.79 Å². The van der Waals surface area contributed by atoms with Crippen LogP contribution in [0.15, 0.2) is 12.3 Å². The molecule has 1 atom stereocenters. The van der Waals surface area contributed by atoms with Gasteiger partial charge < -0.3 is 20.5 Å². The van der Waals surface area contributed by atoms with E-state index in [1.165, 1.54) is 0 Å². The third-order valence-electron chi connectivity index (χ3n) is 3.74. The van der Waals surface area contributed by atoms with Crippen molar-refractivity contribution in [3.8, 4) is 0 Å². The number of nitrogens with one attached hydrogen (secondary N) is 1. The summed E-state index contributed by atoms with van der Waals surface area (Å²) < 4.78 is 1.75. The Morgan fingerprint density at radius 1 is 1.42 bits per heavy atom. The molecule has 0 saturated carbocycles. The van der Waals surface area contributed by atoms with Crippen LogP contribution in [0.2, 0.25) is 0 Å². The molecule has 0 bridgehead atoms. The quantitative estimate of drug-likeness (QED) is 0.779. The minimum atomic E-state index is -0.0687. The zero-order chi connectivity index (χ0) is 14.0. The fourth-order valence-corrected chi connectivity index (χ4v) is 2.44. The monoisotopic (exact) mass is 265 g/mol. The number of carbonyl (C=O) groups excluding carboxylic acids is 1. The van der Waals surface area contributed by atoms with Crippen molar-refractivity contribution in [2.75, 3.05) is 46.0 Å². The maximum Gasteiger partial charge on any atom is 0.268 e. The fraction of sp³-hybridized carbons (Fsp3) is 0.615. The molecule has 6 nitrogen and oxygen atoms in total. The maximum atomic E-state index is 12.1. The number of nitrogens with two attached hydrogens (primary N) is 1. The van der Waals surface area contributed by atoms with Gasteiger partial charge in [-0.1, -0.05) is 0 Å². The number of aryl methyl sites for hydroxylation is 1. The van der Waals surface area contributed by atoms with E-state index in [1.807, 2.05) is 7.05 Å². The van der Waals surface area contributed by atoms with E-state index in [4.69, 9.17) is 5.73 Å². The third-order valence-corrected chi connectivity index (χ3v) is 3.74. The molecular formula is C13H23N5O. The third kappa shape index (κ3) is 3.27. The minimum Gasteiger partial charge on any atom is -0.397 e. The summed E-state index contributed by atoms with van der Waals surface area (Å²) in [4.78, 5) is 16.7. The molecular weight excluding hydrogens is 242 g/mol. The molecule has 19 heavy (non-hydrogen) atoms. The number of nitrogens with zero attached hydrogens (tertiary/aromatic N) is 3. The van der Waals surface area contributed by atoms with Gasteiger partial charge in [-0.15, -0.1) is 0 Å². The molecule has 1 amide bonds. The summed E-state index contributed by atoms with van der Waals surface area (Å²) in [6.45, 7) is 3.75. The lowest BCUT2D eigenvalue weighted by molar-refractivity contribution is 0.0874. The molecule has 0 spiro atoms. The van der Waals surface area contributed by atoms with Crippen LogP contribution < -0.4 is 11.1 Å². The highest BCUT2D eigenvalue weighted by molar-refractivity contribution is 5.93. The molecule has 0 aromatic carbocycles. The highest BCUT2D eigenvalue weighted by Crippen LogP contribution is 2.09. The number of piperazine rings is 1. The predicted octanol–water partition coefficient (Wildman–Crippen LogP) is -0.417. The fourth-order valence-electron chi connectivity index (χ4n) is 2.44. The van der Waals surface area contributed by atoms with Crippen LogP contribution in [-0.4, -0.2) is 66.6 Å². The number of amides is 1. The lowest BCUT2D eigenvalue weighted by Gasteiger charge is -2.37. The smallest absolute Gasteiger partial charge is 0.268 e. The summed E-state index contributed by atoms with van der Waals surface area (Å²) in [5, 5.41) is 2.99. The van der Waals surface area contributed by atoms with E-state index < -0.39 is 0 Å². The first-order valence-corrected chi connectivity index (χ1v) is 6.56. The summed E-state index contributed by atoms with van der Waals surface area (Å²) in [5.74, 6) is -0.0687. The van der Waals surface area contributed by atoms with E-state index in [2.05, 4.69) is 29.2 Å². The molecule has 106 valence electrons. The Kier molecular flexibility index (Phi) is 4.11. The second-order valence-electron chi connectivity index (χ2n) is 5.38. The Morgan fingerprint density at radius 2 is 2.16 bits per heavy atom. The van der Waals surface area contributed by atoms with Crippen LogP contribution >= 0.6 is 0 Å². The van der Waals surface area contributed by atoms with E-state index in [-0.39, 0.29) is 5.91 Å². The molecule has 1 aliphatic heterocycles. The van der Waals surface area contributed by atoms with Crippen LogP contribution in [0.3, 0.4) is 0 Å². The van der Waals surface area contributed by atoms with Crippen LogP contribution in [0.4, 0.5) is 5.69 Å². The first-order chi connectivity index (χ1) is 8.97. The molecule has 1 aromatic rings. The molecule has 0 aliphatic carbocycles. The number of rotatable bonds is 3. The summed E-state index contributed by atoms with van der Waals surface area (Å²) in [7, 11) is 6.04. The van der Waals surface area contributed by atoms with Gasteiger partial charge in [-0.05, 0) is 20.2 Å². The molecule has 1 unspecified atom stereocenters. The number of likely N-dealkylation sites (N-methyl/N-ethyl adjacent to an activating group) is 2. The number of hydrogen-bond acceptors (Lipinski definition) is 4. The van der Waals surface area contributed by atoms with E-state index in [9.17, 15) is 4.79 Å². The second kappa shape index (κ2) is 5.63. The Balaban J connectivity index is 1.91. The average Bonchev–Trinajstić information content (AvgIpc) is 2.69. The van der Waals surface area contributed by atoms with Gasteiger partial charge in [0.05, 0.1) is 5.69 Å². The molecule has 3 N–H and O–H groups in total. The normalized spacial score (nSPS) is 21.5. The number of carbonyl (C=O) groups is 1. The van der Waals surface area contributed by atoms with E-state index >= 15 is 0 Å². The zero-order valence-corrected chi connectivity index (χ0v) is 11.9. The van der Waals surface area contributed by atoms with Gasteiger partial charge in [0.2, 0.25) is 0 Å². The lowest BCUT2D eigenvalue weighted by Crippen LogP contribution is -2.54. The topological polar surface area (TPSA) is 66.5 Å². The van der Waals surface area contributed by atoms with Crippen molar-refractivity contribution in [3.05, 3.63) is 18.0 Å². The summed E-state index contributed by atoms with van der Waals surface area (Å²) in [5.41, 5.74) is 6.90. The molecule has 2 rings (SSSR count). The average molecular weight is 265 g/mol. The van der Waals surface area contributed by atoms with Crippen molar-refractivity contribution in [1.82, 2.24) is 19.7 Å². The second-order valence-corrected chi connectivity index (χ2v) is 5.38. The molecule has 1 aliphatic rings. The summed E-state index contributed by atoms with van der Waals surface area (Å²) >= 11 is 0. The molecule has 1 aromatic heterocycles. The van der Waals surface area contributed by atoms with Crippen molar-refractivity contribution in [1.29, 1.82) is 0 Å². The standard InChI is InChI=1S/C13H23N5O/c1-16-4-5-17(2)11(9-16)7-15-13(19)12-6-10(14)8-18(12)3/h6,8,11H,4-5,7,9,14H2,1-3H3,(H,15,19). The molecule has 6 heteroatoms. The summed E-state index contributed by atoms with van der Waals surface area (Å²) in [6, 6.07) is 2.06. The Hall–Kier alpha value is -1.53. The number of aromatic nitrogens is 1. The maximum absolute atomic E-state index is 12.1. The SMILES string of the molecule is CN1CCN(C)C(CNC(=O)c2cc(N)cn2C)C1. The van der Waals surface area contributed by atoms with Gasteiger partial charge >= 0.3 is 0 Å². The molecule has 0 radical (unpaired) electrons. The van der Waals surface area contributed by atoms with Gasteiger partial charge in [0.25, 0.3) is 5.91 Å². The number of anilines is 1. The van der Waals surface area contributed by atoms with Gasteiger partial charge in [-0.25, -0.2) is 0 Å². The van der Waals surface area contributed by atoms with E-state index in [1.54, 1.807) is 16.8 Å². The van der Waals surface area contributed by atoms with Crippen molar-refractivity contribution in [3.63, 3.8) is 0 Å². The van der Waals surface area contributed by atoms with Crippen molar-refractivity contribution in [2.45, 2.75) is 6.04 Å². The molecule has 2 heterocycles. The van der Waals surface area contributed by atoms with Gasteiger partial charge in [-0.3, -0.25) is 9.69 Å². The Labute approximate surface area is 114 Å². The van der Waals surface area contributed by atoms with Gasteiger partial charge in [-0.2, -0.15) is 0 Å². The first-order valence-electron chi connectivity index (χ1n) is 6.56. The molecule has 1 saturated heterocycles. The highest BCUT2D eigenvalue weighted by atomic mass is 16.1. The number of hydrogen-bond donors (Lipinski definition) is 2. The lowest BCUT2D eigenvalue weighted by atomic mass is 10.2. The molecule has 1 fully saturated rings. The van der Waals surface area contributed by atoms with Gasteiger partial charge in [0.15, 0.2) is 0 Å². The van der Waals surface area contributed by atoms with E-state index in [0.29, 0.717) is 24.0 Å². The van der Waals surface area contributed by atoms with Crippen LogP contribution in [0.5, 0.6) is 0 Å². The predicted molar refractivity (Wildman–Crippen MR) is 76.1 cm³/mol. The van der Waals surface area contributed by atoms with Crippen LogP contribution in [0, 0.1) is 0 Å². The van der Waals surface area contributed by atoms with Crippen LogP contribution in [0.1, 0.15) is 10.5 Å². The largest absolute Gasteiger partial charge is 0.397 e. The van der Waals surface area contributed by atoms with Gasteiger partial charge in [0, 0.05) is 45.5 Å². The van der Waals surface area contributed by atoms with Crippen LogP contribution in [-0.2, 0) is 7.05 Å².